The van der Waals surface area contributed by atoms with Crippen LogP contribution in [0.4, 0.5) is 17.5 Å². The van der Waals surface area contributed by atoms with Crippen molar-refractivity contribution in [3.05, 3.63) is 53.3 Å². The molecule has 3 aromatic rings. The van der Waals surface area contributed by atoms with E-state index in [0.717, 1.165) is 17.0 Å². The maximum atomic E-state index is 12.1. The first-order valence-electron chi connectivity index (χ1n) is 9.47. The topological polar surface area (TPSA) is 118 Å². The Kier molecular flexibility index (Phi) is 6.72. The van der Waals surface area contributed by atoms with Gasteiger partial charge < -0.3 is 20.5 Å². The van der Waals surface area contributed by atoms with Gasteiger partial charge in [0, 0.05) is 37.3 Å². The lowest BCUT2D eigenvalue weighted by atomic mass is 10.1. The third-order valence-electron chi connectivity index (χ3n) is 4.30. The Morgan fingerprint density at radius 2 is 1.90 bits per heavy atom. The van der Waals surface area contributed by atoms with Crippen LogP contribution in [-0.4, -0.2) is 39.1 Å². The Labute approximate surface area is 169 Å². The van der Waals surface area contributed by atoms with Crippen LogP contribution in [0.25, 0.3) is 0 Å². The van der Waals surface area contributed by atoms with Crippen molar-refractivity contribution in [3.8, 4) is 0 Å². The van der Waals surface area contributed by atoms with Gasteiger partial charge >= 0.3 is 0 Å². The molecule has 0 aliphatic heterocycles. The molecule has 152 valence electrons. The molecule has 3 aromatic heterocycles. The van der Waals surface area contributed by atoms with Crippen LogP contribution in [0.1, 0.15) is 29.3 Å². The van der Waals surface area contributed by atoms with E-state index in [1.807, 2.05) is 39.0 Å². The summed E-state index contributed by atoms with van der Waals surface area (Å²) < 4.78 is 5.12. The first-order chi connectivity index (χ1) is 14.0. The number of aryl methyl sites for hydroxylation is 3. The van der Waals surface area contributed by atoms with E-state index >= 15 is 0 Å². The van der Waals surface area contributed by atoms with Gasteiger partial charge in [-0.05, 0) is 39.3 Å². The standard InChI is InChI=1S/C20H25N7O2/c1-13-16(14(2)29-27-13)7-8-20(28)23-11-10-22-18-12-19(25-15(3)24-18)26-17-6-4-5-9-21-17/h4-6,9,12H,7-8,10-11H2,1-3H3,(H,23,28)(H2,21,22,24,25,26). The lowest BCUT2D eigenvalue weighted by Crippen LogP contribution is -2.29. The highest BCUT2D eigenvalue weighted by molar-refractivity contribution is 5.76. The van der Waals surface area contributed by atoms with E-state index in [9.17, 15) is 4.79 Å². The van der Waals surface area contributed by atoms with Gasteiger partial charge in [0.05, 0.1) is 5.69 Å². The van der Waals surface area contributed by atoms with Crippen LogP contribution in [0.5, 0.6) is 0 Å². The minimum Gasteiger partial charge on any atom is -0.368 e. The number of carbonyl (C=O) groups is 1. The average molecular weight is 395 g/mol. The van der Waals surface area contributed by atoms with Crippen molar-refractivity contribution in [1.82, 2.24) is 25.4 Å². The molecule has 29 heavy (non-hydrogen) atoms. The molecule has 0 aliphatic rings. The summed E-state index contributed by atoms with van der Waals surface area (Å²) in [6.45, 7) is 6.61. The van der Waals surface area contributed by atoms with Gasteiger partial charge in [-0.15, -0.1) is 0 Å². The van der Waals surface area contributed by atoms with Gasteiger partial charge in [0.1, 0.15) is 29.0 Å². The van der Waals surface area contributed by atoms with E-state index in [1.54, 1.807) is 12.3 Å². The summed E-state index contributed by atoms with van der Waals surface area (Å²) in [4.78, 5) is 25.0. The number of aromatic nitrogens is 4. The predicted octanol–water partition coefficient (Wildman–Crippen LogP) is 2.69. The number of nitrogens with zero attached hydrogens (tertiary/aromatic N) is 4. The van der Waals surface area contributed by atoms with E-state index in [0.29, 0.717) is 49.2 Å². The minimum absolute atomic E-state index is 0.0109. The summed E-state index contributed by atoms with van der Waals surface area (Å²) in [5, 5.41) is 13.2. The fraction of sp³-hybridized carbons (Fsp3) is 0.350. The number of carbonyl (C=O) groups excluding carboxylic acids is 1. The molecule has 0 aromatic carbocycles. The fourth-order valence-electron chi connectivity index (χ4n) is 2.87. The smallest absolute Gasteiger partial charge is 0.220 e. The highest BCUT2D eigenvalue weighted by Gasteiger charge is 2.11. The molecule has 0 saturated heterocycles. The van der Waals surface area contributed by atoms with Crippen molar-refractivity contribution in [2.75, 3.05) is 23.7 Å². The Morgan fingerprint density at radius 1 is 1.07 bits per heavy atom. The molecule has 0 unspecified atom stereocenters. The van der Waals surface area contributed by atoms with Gasteiger partial charge in [-0.1, -0.05) is 11.2 Å². The molecule has 9 heteroatoms. The summed E-state index contributed by atoms with van der Waals surface area (Å²) in [6.07, 6.45) is 2.73. The van der Waals surface area contributed by atoms with Gasteiger partial charge in [-0.3, -0.25) is 4.79 Å². The number of hydrogen-bond donors (Lipinski definition) is 3. The van der Waals surface area contributed by atoms with Crippen molar-refractivity contribution >= 4 is 23.4 Å². The Bertz CT molecular complexity index is 937. The second kappa shape index (κ2) is 9.63. The molecule has 0 spiro atoms. The number of pyridine rings is 1. The van der Waals surface area contributed by atoms with Crippen molar-refractivity contribution in [3.63, 3.8) is 0 Å². The molecule has 0 atom stereocenters. The van der Waals surface area contributed by atoms with Gasteiger partial charge in [-0.25, -0.2) is 15.0 Å². The van der Waals surface area contributed by atoms with E-state index in [-0.39, 0.29) is 5.91 Å². The van der Waals surface area contributed by atoms with E-state index < -0.39 is 0 Å². The fourth-order valence-corrected chi connectivity index (χ4v) is 2.87. The average Bonchev–Trinajstić information content (AvgIpc) is 3.01. The zero-order valence-corrected chi connectivity index (χ0v) is 16.8. The highest BCUT2D eigenvalue weighted by atomic mass is 16.5. The summed E-state index contributed by atoms with van der Waals surface area (Å²) in [5.41, 5.74) is 1.84. The number of rotatable bonds is 9. The van der Waals surface area contributed by atoms with Crippen LogP contribution in [-0.2, 0) is 11.2 Å². The third-order valence-corrected chi connectivity index (χ3v) is 4.30. The van der Waals surface area contributed by atoms with E-state index in [2.05, 4.69) is 36.1 Å². The van der Waals surface area contributed by atoms with Crippen molar-refractivity contribution in [1.29, 1.82) is 0 Å². The summed E-state index contributed by atoms with van der Waals surface area (Å²) in [6, 6.07) is 7.42. The summed E-state index contributed by atoms with van der Waals surface area (Å²) >= 11 is 0. The zero-order chi connectivity index (χ0) is 20.6. The lowest BCUT2D eigenvalue weighted by molar-refractivity contribution is -0.120. The van der Waals surface area contributed by atoms with E-state index in [1.165, 1.54) is 0 Å². The molecule has 0 fully saturated rings. The van der Waals surface area contributed by atoms with Crippen LogP contribution >= 0.6 is 0 Å². The molecule has 0 bridgehead atoms. The maximum Gasteiger partial charge on any atom is 0.220 e. The molecule has 3 rings (SSSR count). The molecule has 0 saturated carbocycles. The first kappa shape index (κ1) is 20.2. The van der Waals surface area contributed by atoms with Crippen LogP contribution in [0.3, 0.4) is 0 Å². The Hall–Kier alpha value is -3.49. The Balaban J connectivity index is 1.43. The highest BCUT2D eigenvalue weighted by Crippen LogP contribution is 2.16. The summed E-state index contributed by atoms with van der Waals surface area (Å²) in [7, 11) is 0. The molecule has 0 radical (unpaired) electrons. The van der Waals surface area contributed by atoms with Gasteiger partial charge in [0.2, 0.25) is 5.91 Å². The largest absolute Gasteiger partial charge is 0.368 e. The minimum atomic E-state index is -0.0109. The molecule has 1 amide bonds. The van der Waals surface area contributed by atoms with Crippen molar-refractivity contribution in [2.24, 2.45) is 0 Å². The molecular formula is C20H25N7O2. The van der Waals surface area contributed by atoms with Gasteiger partial charge in [-0.2, -0.15) is 0 Å². The monoisotopic (exact) mass is 395 g/mol. The van der Waals surface area contributed by atoms with E-state index in [4.69, 9.17) is 4.52 Å². The molecule has 3 heterocycles. The lowest BCUT2D eigenvalue weighted by Gasteiger charge is -2.10. The molecular weight excluding hydrogens is 370 g/mol. The van der Waals surface area contributed by atoms with Crippen LogP contribution in [0.15, 0.2) is 35.0 Å². The maximum absolute atomic E-state index is 12.1. The third kappa shape index (κ3) is 6.00. The number of hydrogen-bond acceptors (Lipinski definition) is 8. The molecule has 0 aliphatic carbocycles. The number of anilines is 3. The molecule has 3 N–H and O–H groups in total. The zero-order valence-electron chi connectivity index (χ0n) is 16.8. The van der Waals surface area contributed by atoms with Crippen LogP contribution in [0.2, 0.25) is 0 Å². The second-order valence-electron chi connectivity index (χ2n) is 6.61. The SMILES string of the molecule is Cc1nc(NCCNC(=O)CCc2c(C)noc2C)cc(Nc2ccccn2)n1. The number of amides is 1. The van der Waals surface area contributed by atoms with Gasteiger partial charge in [0.15, 0.2) is 0 Å². The first-order valence-corrected chi connectivity index (χ1v) is 9.47. The normalized spacial score (nSPS) is 10.6. The number of nitrogens with one attached hydrogen (secondary N) is 3. The predicted molar refractivity (Wildman–Crippen MR) is 110 cm³/mol. The molecule has 9 nitrogen and oxygen atoms in total. The van der Waals surface area contributed by atoms with Crippen molar-refractivity contribution < 1.29 is 9.32 Å². The van der Waals surface area contributed by atoms with Gasteiger partial charge in [0.25, 0.3) is 0 Å². The quantitative estimate of drug-likeness (QED) is 0.473. The van der Waals surface area contributed by atoms with Crippen LogP contribution in [0, 0.1) is 20.8 Å². The van der Waals surface area contributed by atoms with Crippen molar-refractivity contribution in [2.45, 2.75) is 33.6 Å². The Morgan fingerprint density at radius 3 is 2.62 bits per heavy atom. The second-order valence-corrected chi connectivity index (χ2v) is 6.61. The summed E-state index contributed by atoms with van der Waals surface area (Å²) in [5.74, 6) is 3.44. The van der Waals surface area contributed by atoms with Crippen LogP contribution < -0.4 is 16.0 Å².